The maximum absolute atomic E-state index is 11.4. The molecule has 0 radical (unpaired) electrons. The van der Waals surface area contributed by atoms with Gasteiger partial charge in [0.05, 0.1) is 0 Å². The normalized spacial score (nSPS) is 32.2. The van der Waals surface area contributed by atoms with E-state index in [4.69, 9.17) is 0 Å². The Morgan fingerprint density at radius 3 is 2.25 bits per heavy atom. The van der Waals surface area contributed by atoms with E-state index in [1.54, 1.807) is 0 Å². The first kappa shape index (κ1) is 10.5. The molecule has 0 saturated heterocycles. The van der Waals surface area contributed by atoms with Crippen molar-refractivity contribution in [1.82, 2.24) is 0 Å². The van der Waals surface area contributed by atoms with Crippen LogP contribution < -0.4 is 0 Å². The van der Waals surface area contributed by atoms with Crippen LogP contribution in [0.5, 0.6) is 0 Å². The predicted molar refractivity (Wildman–Crippen MR) is 55.2 cm³/mol. The van der Waals surface area contributed by atoms with Crippen molar-refractivity contribution in [3.8, 4) is 0 Å². The van der Waals surface area contributed by atoms with E-state index in [0.717, 1.165) is 19.3 Å². The molecule has 0 aromatic rings. The van der Waals surface area contributed by atoms with Crippen LogP contribution in [0.3, 0.4) is 0 Å². The number of ketones is 1. The van der Waals surface area contributed by atoms with Crippen molar-refractivity contribution in [3.63, 3.8) is 0 Å². The Hall–Kier alpha value is 0.469. The van der Waals surface area contributed by atoms with E-state index in [1.165, 1.54) is 6.42 Å². The van der Waals surface area contributed by atoms with Crippen LogP contribution in [0.1, 0.15) is 32.6 Å². The van der Waals surface area contributed by atoms with Crippen LogP contribution in [-0.2, 0) is 4.79 Å². The molecule has 1 unspecified atom stereocenters. The average molecular weight is 275 g/mol. The molecule has 1 nitrogen and oxygen atoms in total. The van der Waals surface area contributed by atoms with Crippen molar-refractivity contribution in [3.05, 3.63) is 0 Å². The molecule has 12 heavy (non-hydrogen) atoms. The summed E-state index contributed by atoms with van der Waals surface area (Å²) in [5.74, 6) is 0.510. The van der Waals surface area contributed by atoms with E-state index >= 15 is 0 Å². The Bertz CT molecular complexity index is 193. The molecule has 1 saturated carbocycles. The molecule has 0 amide bonds. The number of Topliss-reactive ketones (excluding diaryl/α,β-unsaturated/α-hetero) is 1. The Morgan fingerprint density at radius 2 is 1.92 bits per heavy atom. The molecule has 0 aromatic carbocycles. The number of rotatable bonds is 1. The molecular formula is C10H20OSn. The molecule has 1 rings (SSSR count). The standard InChI is InChI=1S/C7H11O.3CH3.Sn/c1-6-3-2-4-7(8)5-6;;;;/h2-5H2,1H3;3*1H3;. The molecule has 0 heterocycles. The van der Waals surface area contributed by atoms with Crippen molar-refractivity contribution in [2.45, 2.75) is 50.9 Å². The molecule has 0 bridgehead atoms. The summed E-state index contributed by atoms with van der Waals surface area (Å²) in [5.41, 5.74) is 0. The third kappa shape index (κ3) is 2.04. The Morgan fingerprint density at radius 1 is 1.33 bits per heavy atom. The summed E-state index contributed by atoms with van der Waals surface area (Å²) >= 11 is -1.87. The van der Waals surface area contributed by atoms with E-state index < -0.39 is 18.4 Å². The zero-order valence-corrected chi connectivity index (χ0v) is 11.6. The minimum atomic E-state index is -1.87. The number of hydrogen-bond donors (Lipinski definition) is 0. The van der Waals surface area contributed by atoms with Gasteiger partial charge in [-0.05, 0) is 0 Å². The summed E-state index contributed by atoms with van der Waals surface area (Å²) < 4.78 is 0.448. The summed E-state index contributed by atoms with van der Waals surface area (Å²) in [7, 11) is 0. The minimum absolute atomic E-state index is 0.448. The van der Waals surface area contributed by atoms with Gasteiger partial charge in [0.25, 0.3) is 0 Å². The third-order valence-corrected chi connectivity index (χ3v) is 15.1. The summed E-state index contributed by atoms with van der Waals surface area (Å²) in [5, 5.41) is 0. The molecule has 0 aliphatic heterocycles. The number of hydrogen-bond acceptors (Lipinski definition) is 1. The van der Waals surface area contributed by atoms with Gasteiger partial charge >= 0.3 is 79.8 Å². The van der Waals surface area contributed by atoms with E-state index in [9.17, 15) is 4.79 Å². The monoisotopic (exact) mass is 276 g/mol. The fraction of sp³-hybridized carbons (Fsp3) is 0.900. The van der Waals surface area contributed by atoms with E-state index in [-0.39, 0.29) is 0 Å². The van der Waals surface area contributed by atoms with Crippen molar-refractivity contribution >= 4 is 24.2 Å². The Labute approximate surface area is 79.8 Å². The fourth-order valence-electron chi connectivity index (χ4n) is 1.93. The molecule has 0 N–H and O–H groups in total. The van der Waals surface area contributed by atoms with E-state index in [2.05, 4.69) is 21.7 Å². The molecule has 0 spiro atoms. The van der Waals surface area contributed by atoms with Gasteiger partial charge in [0.2, 0.25) is 0 Å². The van der Waals surface area contributed by atoms with Crippen LogP contribution in [0, 0.1) is 0 Å². The molecule has 0 aromatic heterocycles. The van der Waals surface area contributed by atoms with Crippen LogP contribution in [0.2, 0.25) is 18.2 Å². The van der Waals surface area contributed by atoms with E-state index in [1.807, 2.05) is 0 Å². The summed E-state index contributed by atoms with van der Waals surface area (Å²) in [6.07, 6.45) is 4.17. The topological polar surface area (TPSA) is 17.1 Å². The number of carbonyl (C=O) groups is 1. The molecule has 1 fully saturated rings. The first-order valence-electron chi connectivity index (χ1n) is 4.87. The summed E-state index contributed by atoms with van der Waals surface area (Å²) in [6, 6.07) is 0. The second-order valence-corrected chi connectivity index (χ2v) is 21.7. The second-order valence-electron chi connectivity index (χ2n) is 5.38. The molecule has 2 heteroatoms. The molecule has 1 aliphatic carbocycles. The van der Waals surface area contributed by atoms with Crippen molar-refractivity contribution in [2.75, 3.05) is 0 Å². The Kier molecular flexibility index (Phi) is 2.92. The van der Waals surface area contributed by atoms with Gasteiger partial charge in [-0.25, -0.2) is 0 Å². The van der Waals surface area contributed by atoms with Crippen molar-refractivity contribution in [1.29, 1.82) is 0 Å². The van der Waals surface area contributed by atoms with Crippen LogP contribution >= 0.6 is 0 Å². The first-order valence-corrected chi connectivity index (χ1v) is 14.9. The SMILES string of the molecule is C[C]1([Sn]([CH3])([CH3])[CH3])CCCC(=O)C1. The second kappa shape index (κ2) is 3.32. The van der Waals surface area contributed by atoms with Crippen molar-refractivity contribution < 1.29 is 4.79 Å². The van der Waals surface area contributed by atoms with Gasteiger partial charge in [-0.1, -0.05) is 0 Å². The quantitative estimate of drug-likeness (QED) is 0.671. The number of carbonyl (C=O) groups excluding carboxylic acids is 1. The van der Waals surface area contributed by atoms with Gasteiger partial charge in [0, 0.05) is 0 Å². The van der Waals surface area contributed by atoms with E-state index in [0.29, 0.717) is 9.21 Å². The molecule has 70 valence electrons. The van der Waals surface area contributed by atoms with Gasteiger partial charge in [-0.15, -0.1) is 0 Å². The summed E-state index contributed by atoms with van der Waals surface area (Å²) in [4.78, 5) is 18.7. The Balaban J connectivity index is 2.77. The van der Waals surface area contributed by atoms with Crippen LogP contribution in [-0.4, -0.2) is 24.2 Å². The third-order valence-electron chi connectivity index (χ3n) is 3.58. The summed E-state index contributed by atoms with van der Waals surface area (Å²) in [6.45, 7) is 2.35. The molecule has 1 atom stereocenters. The molecule has 1 aliphatic rings. The van der Waals surface area contributed by atoms with Gasteiger partial charge in [0.15, 0.2) is 0 Å². The average Bonchev–Trinajstić information content (AvgIpc) is 1.83. The zero-order chi connectivity index (χ0) is 9.41. The van der Waals surface area contributed by atoms with Gasteiger partial charge < -0.3 is 0 Å². The fourth-order valence-corrected chi connectivity index (χ4v) is 6.65. The zero-order valence-electron chi connectivity index (χ0n) is 8.74. The maximum atomic E-state index is 11.4. The predicted octanol–water partition coefficient (Wildman–Crippen LogP) is 3.23. The van der Waals surface area contributed by atoms with Crippen molar-refractivity contribution in [2.24, 2.45) is 0 Å². The molecular weight excluding hydrogens is 255 g/mol. The van der Waals surface area contributed by atoms with Gasteiger partial charge in [-0.3, -0.25) is 0 Å². The van der Waals surface area contributed by atoms with Crippen LogP contribution in [0.15, 0.2) is 0 Å². The van der Waals surface area contributed by atoms with Crippen LogP contribution in [0.4, 0.5) is 0 Å². The van der Waals surface area contributed by atoms with Crippen LogP contribution in [0.25, 0.3) is 0 Å². The van der Waals surface area contributed by atoms with Gasteiger partial charge in [0.1, 0.15) is 0 Å². The van der Waals surface area contributed by atoms with Gasteiger partial charge in [-0.2, -0.15) is 0 Å². The first-order chi connectivity index (χ1) is 5.35.